The Labute approximate surface area is 112 Å². The first kappa shape index (κ1) is 15.1. The summed E-state index contributed by atoms with van der Waals surface area (Å²) in [5.74, 6) is -1.61. The van der Waals surface area contributed by atoms with Gasteiger partial charge in [0.15, 0.2) is 0 Å². The van der Waals surface area contributed by atoms with Gasteiger partial charge in [0, 0.05) is 5.56 Å². The van der Waals surface area contributed by atoms with Gasteiger partial charge in [-0.3, -0.25) is 4.79 Å². The number of benzene rings is 1. The summed E-state index contributed by atoms with van der Waals surface area (Å²) in [5, 5.41) is 2.56. The van der Waals surface area contributed by atoms with E-state index in [9.17, 15) is 14.0 Å². The molecule has 0 radical (unpaired) electrons. The number of amides is 1. The highest BCUT2D eigenvalue weighted by Gasteiger charge is 2.25. The van der Waals surface area contributed by atoms with Gasteiger partial charge in [0.1, 0.15) is 11.9 Å². The van der Waals surface area contributed by atoms with Crippen molar-refractivity contribution in [2.24, 2.45) is 5.92 Å². The van der Waals surface area contributed by atoms with Crippen molar-refractivity contribution in [3.63, 3.8) is 0 Å². The van der Waals surface area contributed by atoms with Gasteiger partial charge in [0.05, 0.1) is 7.11 Å². The molecule has 104 valence electrons. The highest BCUT2D eigenvalue weighted by molar-refractivity contribution is 5.97. The minimum Gasteiger partial charge on any atom is -0.467 e. The normalized spacial score (nSPS) is 12.1. The van der Waals surface area contributed by atoms with E-state index in [1.165, 1.54) is 13.2 Å². The maximum absolute atomic E-state index is 13.2. The molecule has 0 saturated carbocycles. The first-order valence-corrected chi connectivity index (χ1v) is 6.01. The molecule has 0 bridgehead atoms. The summed E-state index contributed by atoms with van der Waals surface area (Å²) in [7, 11) is 1.26. The van der Waals surface area contributed by atoms with Gasteiger partial charge >= 0.3 is 5.97 Å². The van der Waals surface area contributed by atoms with Crippen LogP contribution >= 0.6 is 0 Å². The van der Waals surface area contributed by atoms with Crippen LogP contribution in [-0.2, 0) is 9.53 Å². The fourth-order valence-corrected chi connectivity index (χ4v) is 1.72. The molecule has 0 spiro atoms. The van der Waals surface area contributed by atoms with Crippen LogP contribution in [0.25, 0.3) is 0 Å². The molecule has 5 heteroatoms. The third-order valence-electron chi connectivity index (χ3n) is 2.71. The number of rotatable bonds is 4. The second-order valence-corrected chi connectivity index (χ2v) is 4.74. The fourth-order valence-electron chi connectivity index (χ4n) is 1.72. The number of methoxy groups -OCH3 is 1. The molecule has 1 amide bonds. The summed E-state index contributed by atoms with van der Waals surface area (Å²) in [5.41, 5.74) is 0.830. The molecule has 0 saturated heterocycles. The molecule has 0 heterocycles. The van der Waals surface area contributed by atoms with E-state index in [2.05, 4.69) is 10.1 Å². The third-order valence-corrected chi connectivity index (χ3v) is 2.71. The average Bonchev–Trinajstić information content (AvgIpc) is 2.33. The molecule has 1 aromatic rings. The number of carbonyl (C=O) groups excluding carboxylic acids is 2. The van der Waals surface area contributed by atoms with Crippen LogP contribution in [0.5, 0.6) is 0 Å². The molecule has 0 aliphatic heterocycles. The molecule has 1 N–H and O–H groups in total. The first-order valence-electron chi connectivity index (χ1n) is 6.01. The van der Waals surface area contributed by atoms with Crippen LogP contribution in [-0.4, -0.2) is 25.0 Å². The van der Waals surface area contributed by atoms with Gasteiger partial charge in [-0.25, -0.2) is 9.18 Å². The largest absolute Gasteiger partial charge is 0.467 e. The monoisotopic (exact) mass is 267 g/mol. The van der Waals surface area contributed by atoms with Crippen LogP contribution in [0.15, 0.2) is 18.2 Å². The van der Waals surface area contributed by atoms with Crippen molar-refractivity contribution in [1.82, 2.24) is 5.32 Å². The van der Waals surface area contributed by atoms with Crippen LogP contribution in [0, 0.1) is 18.7 Å². The summed E-state index contributed by atoms with van der Waals surface area (Å²) in [6, 6.07) is 3.28. The van der Waals surface area contributed by atoms with Crippen LogP contribution in [0.1, 0.15) is 29.8 Å². The maximum atomic E-state index is 13.2. The van der Waals surface area contributed by atoms with E-state index in [0.717, 1.165) is 6.07 Å². The second-order valence-electron chi connectivity index (χ2n) is 4.74. The summed E-state index contributed by atoms with van der Waals surface area (Å²) in [6.07, 6.45) is 0. The van der Waals surface area contributed by atoms with Crippen molar-refractivity contribution < 1.29 is 18.7 Å². The van der Waals surface area contributed by atoms with Gasteiger partial charge in [0.2, 0.25) is 0 Å². The number of esters is 1. The molecule has 0 fully saturated rings. The van der Waals surface area contributed by atoms with Gasteiger partial charge in [-0.05, 0) is 36.6 Å². The third kappa shape index (κ3) is 4.05. The zero-order chi connectivity index (χ0) is 14.6. The van der Waals surface area contributed by atoms with E-state index in [1.54, 1.807) is 26.8 Å². The summed E-state index contributed by atoms with van der Waals surface area (Å²) in [6.45, 7) is 5.28. The number of halogens is 1. The molecular formula is C14H18FNO3. The number of ether oxygens (including phenoxy) is 1. The Balaban J connectivity index is 2.90. The highest BCUT2D eigenvalue weighted by atomic mass is 19.1. The average molecular weight is 267 g/mol. The Bertz CT molecular complexity index is 465. The Kier molecular flexibility index (Phi) is 5.03. The summed E-state index contributed by atoms with van der Waals surface area (Å²) in [4.78, 5) is 23.5. The van der Waals surface area contributed by atoms with Gasteiger partial charge in [0.25, 0.3) is 5.91 Å². The lowest BCUT2D eigenvalue weighted by atomic mass is 10.0. The number of aryl methyl sites for hydroxylation is 1. The van der Waals surface area contributed by atoms with Crippen molar-refractivity contribution in [3.8, 4) is 0 Å². The minimum absolute atomic E-state index is 0.119. The number of nitrogens with one attached hydrogen (secondary N) is 1. The van der Waals surface area contributed by atoms with Crippen molar-refractivity contribution in [2.45, 2.75) is 26.8 Å². The van der Waals surface area contributed by atoms with E-state index < -0.39 is 23.7 Å². The topological polar surface area (TPSA) is 55.4 Å². The predicted molar refractivity (Wildman–Crippen MR) is 69.2 cm³/mol. The zero-order valence-electron chi connectivity index (χ0n) is 11.5. The first-order chi connectivity index (χ1) is 8.85. The Morgan fingerprint density at radius 2 is 1.89 bits per heavy atom. The lowest BCUT2D eigenvalue weighted by Gasteiger charge is -2.19. The van der Waals surface area contributed by atoms with Crippen LogP contribution in [0.3, 0.4) is 0 Å². The van der Waals surface area contributed by atoms with Gasteiger partial charge in [-0.1, -0.05) is 13.8 Å². The van der Waals surface area contributed by atoms with E-state index in [1.807, 2.05) is 0 Å². The Hall–Kier alpha value is -1.91. The SMILES string of the molecule is COC(=O)[C@H](NC(=O)c1cc(C)cc(F)c1)C(C)C. The fraction of sp³-hybridized carbons (Fsp3) is 0.429. The molecule has 0 unspecified atom stereocenters. The van der Waals surface area contributed by atoms with Crippen molar-refractivity contribution in [1.29, 1.82) is 0 Å². The molecule has 19 heavy (non-hydrogen) atoms. The molecule has 1 aromatic carbocycles. The van der Waals surface area contributed by atoms with E-state index >= 15 is 0 Å². The highest BCUT2D eigenvalue weighted by Crippen LogP contribution is 2.10. The predicted octanol–water partition coefficient (Wildman–Crippen LogP) is 2.06. The number of hydrogen-bond acceptors (Lipinski definition) is 3. The Morgan fingerprint density at radius 1 is 1.26 bits per heavy atom. The Morgan fingerprint density at radius 3 is 2.37 bits per heavy atom. The molecule has 0 aliphatic rings. The maximum Gasteiger partial charge on any atom is 0.328 e. The van der Waals surface area contributed by atoms with Crippen LogP contribution < -0.4 is 5.32 Å². The molecule has 0 aromatic heterocycles. The van der Waals surface area contributed by atoms with Crippen molar-refractivity contribution in [2.75, 3.05) is 7.11 Å². The summed E-state index contributed by atoms with van der Waals surface area (Å²) >= 11 is 0. The zero-order valence-corrected chi connectivity index (χ0v) is 11.5. The summed E-state index contributed by atoms with van der Waals surface area (Å²) < 4.78 is 17.9. The standard InChI is InChI=1S/C14H18FNO3/c1-8(2)12(14(18)19-4)16-13(17)10-5-9(3)6-11(15)7-10/h5-8,12H,1-4H3,(H,16,17)/t12-/m1/s1. The van der Waals surface area contributed by atoms with Gasteiger partial charge < -0.3 is 10.1 Å². The van der Waals surface area contributed by atoms with Crippen molar-refractivity contribution in [3.05, 3.63) is 35.1 Å². The second kappa shape index (κ2) is 6.31. The van der Waals surface area contributed by atoms with Gasteiger partial charge in [-0.2, -0.15) is 0 Å². The molecule has 4 nitrogen and oxygen atoms in total. The van der Waals surface area contributed by atoms with Crippen LogP contribution in [0.2, 0.25) is 0 Å². The lowest BCUT2D eigenvalue weighted by molar-refractivity contribution is -0.144. The molecule has 1 atom stereocenters. The molecule has 0 aliphatic carbocycles. The van der Waals surface area contributed by atoms with E-state index in [-0.39, 0.29) is 11.5 Å². The molecule has 1 rings (SSSR count). The lowest BCUT2D eigenvalue weighted by Crippen LogP contribution is -2.45. The number of hydrogen-bond donors (Lipinski definition) is 1. The smallest absolute Gasteiger partial charge is 0.328 e. The van der Waals surface area contributed by atoms with E-state index in [0.29, 0.717) is 5.56 Å². The molecular weight excluding hydrogens is 249 g/mol. The number of carbonyl (C=O) groups is 2. The quantitative estimate of drug-likeness (QED) is 0.850. The van der Waals surface area contributed by atoms with Gasteiger partial charge in [-0.15, -0.1) is 0 Å². The van der Waals surface area contributed by atoms with E-state index in [4.69, 9.17) is 0 Å². The van der Waals surface area contributed by atoms with Crippen molar-refractivity contribution >= 4 is 11.9 Å². The minimum atomic E-state index is -0.749. The van der Waals surface area contributed by atoms with Crippen LogP contribution in [0.4, 0.5) is 4.39 Å².